The summed E-state index contributed by atoms with van der Waals surface area (Å²) in [6.45, 7) is 0.725. The maximum absolute atomic E-state index is 14.5. The second kappa shape index (κ2) is 12.3. The van der Waals surface area contributed by atoms with Gasteiger partial charge in [-0.15, -0.1) is 0 Å². The van der Waals surface area contributed by atoms with Crippen LogP contribution in [-0.2, 0) is 26.2 Å². The highest BCUT2D eigenvalue weighted by atomic mass is 35.5. The van der Waals surface area contributed by atoms with Gasteiger partial charge in [0.25, 0.3) is 0 Å². The van der Waals surface area contributed by atoms with Crippen LogP contribution in [0, 0.1) is 5.82 Å². The Labute approximate surface area is 221 Å². The van der Waals surface area contributed by atoms with Gasteiger partial charge in [0.05, 0.1) is 11.9 Å². The van der Waals surface area contributed by atoms with Crippen LogP contribution in [0.15, 0.2) is 42.5 Å². The van der Waals surface area contributed by atoms with Crippen molar-refractivity contribution < 1.29 is 22.4 Å². The molecule has 0 bridgehead atoms. The zero-order valence-corrected chi connectivity index (χ0v) is 22.5. The van der Waals surface area contributed by atoms with Crippen molar-refractivity contribution >= 4 is 50.7 Å². The van der Waals surface area contributed by atoms with E-state index in [-0.39, 0.29) is 24.2 Å². The van der Waals surface area contributed by atoms with Crippen molar-refractivity contribution in [3.05, 3.63) is 63.9 Å². The smallest absolute Gasteiger partial charge is 0.244 e. The molecule has 1 aliphatic rings. The van der Waals surface area contributed by atoms with Gasteiger partial charge in [-0.1, -0.05) is 60.7 Å². The maximum atomic E-state index is 14.5. The number of anilines is 1. The Morgan fingerprint density at radius 3 is 2.25 bits per heavy atom. The van der Waals surface area contributed by atoms with Crippen LogP contribution in [0.25, 0.3) is 0 Å². The molecule has 0 spiro atoms. The quantitative estimate of drug-likeness (QED) is 0.481. The molecule has 0 heterocycles. The van der Waals surface area contributed by atoms with Crippen LogP contribution < -0.4 is 9.62 Å². The van der Waals surface area contributed by atoms with Gasteiger partial charge in [-0.05, 0) is 44.0 Å². The van der Waals surface area contributed by atoms with Crippen LogP contribution in [0.1, 0.15) is 44.6 Å². The van der Waals surface area contributed by atoms with Crippen LogP contribution in [0.3, 0.4) is 0 Å². The van der Waals surface area contributed by atoms with Crippen molar-refractivity contribution in [2.24, 2.45) is 0 Å². The van der Waals surface area contributed by atoms with Gasteiger partial charge < -0.3 is 10.2 Å². The van der Waals surface area contributed by atoms with Crippen molar-refractivity contribution in [1.82, 2.24) is 10.2 Å². The van der Waals surface area contributed by atoms with Gasteiger partial charge in [-0.25, -0.2) is 12.8 Å². The van der Waals surface area contributed by atoms with E-state index in [2.05, 4.69) is 5.32 Å². The van der Waals surface area contributed by atoms with Gasteiger partial charge in [0.1, 0.15) is 18.4 Å². The van der Waals surface area contributed by atoms with Gasteiger partial charge in [0.2, 0.25) is 21.8 Å². The van der Waals surface area contributed by atoms with E-state index >= 15 is 0 Å². The van der Waals surface area contributed by atoms with E-state index in [0.29, 0.717) is 19.9 Å². The molecule has 7 nitrogen and oxygen atoms in total. The Morgan fingerprint density at radius 1 is 1.06 bits per heavy atom. The fourth-order valence-electron chi connectivity index (χ4n) is 4.25. The van der Waals surface area contributed by atoms with E-state index in [1.54, 1.807) is 25.1 Å². The fraction of sp³-hybridized carbons (Fsp3) is 0.440. The number of benzene rings is 2. The highest BCUT2D eigenvalue weighted by Crippen LogP contribution is 2.28. The van der Waals surface area contributed by atoms with Gasteiger partial charge >= 0.3 is 0 Å². The average molecular weight is 559 g/mol. The van der Waals surface area contributed by atoms with Crippen LogP contribution in [0.2, 0.25) is 10.0 Å². The standard InChI is InChI=1S/C25H30Cl2FN3O4S/c1-17(25(33)29-18-9-4-3-5-10-18)30(15-19-20(26)11-8-12-21(19)27)24(32)16-31(36(2,34)35)23-14-7-6-13-22(23)28/h6-8,11-14,17-18H,3-5,9-10,15-16H2,1-2H3,(H,29,33). The third-order valence-corrected chi connectivity index (χ3v) is 8.14. The van der Waals surface area contributed by atoms with Crippen LogP contribution in [-0.4, -0.2) is 50.0 Å². The molecule has 1 saturated carbocycles. The molecule has 11 heteroatoms. The van der Waals surface area contributed by atoms with E-state index in [9.17, 15) is 22.4 Å². The summed E-state index contributed by atoms with van der Waals surface area (Å²) in [4.78, 5) is 28.0. The molecule has 1 unspecified atom stereocenters. The third kappa shape index (κ3) is 7.11. The first-order chi connectivity index (χ1) is 17.0. The van der Waals surface area contributed by atoms with Crippen molar-refractivity contribution in [2.75, 3.05) is 17.1 Å². The zero-order valence-electron chi connectivity index (χ0n) is 20.2. The third-order valence-electron chi connectivity index (χ3n) is 6.31. The molecular formula is C25H30Cl2FN3O4S. The molecule has 0 aliphatic heterocycles. The van der Waals surface area contributed by atoms with E-state index in [0.717, 1.165) is 44.4 Å². The zero-order chi connectivity index (χ0) is 26.5. The lowest BCUT2D eigenvalue weighted by Crippen LogP contribution is -2.53. The first-order valence-corrected chi connectivity index (χ1v) is 14.3. The van der Waals surface area contributed by atoms with E-state index in [1.165, 1.54) is 23.1 Å². The number of hydrogen-bond acceptors (Lipinski definition) is 4. The summed E-state index contributed by atoms with van der Waals surface area (Å²) in [6.07, 6.45) is 5.76. The average Bonchev–Trinajstić information content (AvgIpc) is 2.82. The lowest BCUT2D eigenvalue weighted by Gasteiger charge is -2.33. The number of nitrogens with zero attached hydrogens (tertiary/aromatic N) is 2. The number of rotatable bonds is 9. The number of halogens is 3. The summed E-state index contributed by atoms with van der Waals surface area (Å²) in [5, 5.41) is 3.60. The normalized spacial score (nSPS) is 15.2. The topological polar surface area (TPSA) is 86.8 Å². The van der Waals surface area contributed by atoms with E-state index in [1.807, 2.05) is 0 Å². The van der Waals surface area contributed by atoms with Crippen molar-refractivity contribution in [3.8, 4) is 0 Å². The Kier molecular flexibility index (Phi) is 9.60. The highest BCUT2D eigenvalue weighted by Gasteiger charge is 2.32. The molecule has 2 aromatic carbocycles. The summed E-state index contributed by atoms with van der Waals surface area (Å²) in [5.41, 5.74) is 0.159. The van der Waals surface area contributed by atoms with Gasteiger partial charge in [0.15, 0.2) is 0 Å². The monoisotopic (exact) mass is 557 g/mol. The number of para-hydroxylation sites is 1. The predicted molar refractivity (Wildman–Crippen MR) is 140 cm³/mol. The maximum Gasteiger partial charge on any atom is 0.244 e. The summed E-state index contributed by atoms with van der Waals surface area (Å²) < 4.78 is 40.3. The molecule has 3 rings (SSSR count). The summed E-state index contributed by atoms with van der Waals surface area (Å²) in [5.74, 6) is -1.86. The molecule has 0 aromatic heterocycles. The van der Waals surface area contributed by atoms with E-state index < -0.39 is 34.3 Å². The highest BCUT2D eigenvalue weighted by molar-refractivity contribution is 7.92. The Hall–Kier alpha value is -2.36. The van der Waals surface area contributed by atoms with Crippen LogP contribution in [0.5, 0.6) is 0 Å². The Morgan fingerprint density at radius 2 is 1.67 bits per heavy atom. The molecule has 0 saturated heterocycles. The molecule has 1 aliphatic carbocycles. The molecule has 2 amide bonds. The minimum absolute atomic E-state index is 0.0143. The van der Waals surface area contributed by atoms with Gasteiger partial charge in [-0.2, -0.15) is 0 Å². The number of sulfonamides is 1. The van der Waals surface area contributed by atoms with Gasteiger partial charge in [-0.3, -0.25) is 13.9 Å². The summed E-state index contributed by atoms with van der Waals surface area (Å²) >= 11 is 12.7. The van der Waals surface area contributed by atoms with E-state index in [4.69, 9.17) is 23.2 Å². The molecule has 36 heavy (non-hydrogen) atoms. The predicted octanol–water partition coefficient (Wildman–Crippen LogP) is 4.76. The summed E-state index contributed by atoms with van der Waals surface area (Å²) in [6, 6.07) is 9.21. The molecular weight excluding hydrogens is 528 g/mol. The largest absolute Gasteiger partial charge is 0.352 e. The Bertz CT molecular complexity index is 1190. The lowest BCUT2D eigenvalue weighted by atomic mass is 9.95. The Balaban J connectivity index is 1.92. The molecule has 2 aromatic rings. The number of carbonyl (C=O) groups excluding carboxylic acids is 2. The first-order valence-electron chi connectivity index (χ1n) is 11.7. The minimum Gasteiger partial charge on any atom is -0.352 e. The molecule has 196 valence electrons. The van der Waals surface area contributed by atoms with Crippen molar-refractivity contribution in [2.45, 2.75) is 57.7 Å². The molecule has 1 N–H and O–H groups in total. The number of nitrogens with one attached hydrogen (secondary N) is 1. The van der Waals surface area contributed by atoms with Gasteiger partial charge in [0, 0.05) is 28.2 Å². The minimum atomic E-state index is -4.03. The number of amides is 2. The molecule has 1 atom stereocenters. The molecule has 1 fully saturated rings. The number of carbonyl (C=O) groups is 2. The SMILES string of the molecule is CC(C(=O)NC1CCCCC1)N(Cc1c(Cl)cccc1Cl)C(=O)CN(c1ccccc1F)S(C)(=O)=O. The summed E-state index contributed by atoms with van der Waals surface area (Å²) in [7, 11) is -4.03. The van der Waals surface area contributed by atoms with Crippen molar-refractivity contribution in [3.63, 3.8) is 0 Å². The second-order valence-electron chi connectivity index (χ2n) is 8.96. The van der Waals surface area contributed by atoms with Crippen LogP contribution >= 0.6 is 23.2 Å². The molecule has 0 radical (unpaired) electrons. The van der Waals surface area contributed by atoms with Crippen molar-refractivity contribution in [1.29, 1.82) is 0 Å². The lowest BCUT2D eigenvalue weighted by molar-refractivity contribution is -0.139. The fourth-order valence-corrected chi connectivity index (χ4v) is 5.62. The first kappa shape index (κ1) is 28.2. The second-order valence-corrected chi connectivity index (χ2v) is 11.7. The number of hydrogen-bond donors (Lipinski definition) is 1. The van der Waals surface area contributed by atoms with Crippen LogP contribution in [0.4, 0.5) is 10.1 Å².